The molecular formula is C15H30N2O4. The molecule has 0 spiro atoms. The third-order valence-corrected chi connectivity index (χ3v) is 5.00. The Bertz CT molecular complexity index is 362. The van der Waals surface area contributed by atoms with Crippen molar-refractivity contribution in [2.45, 2.75) is 71.9 Å². The fourth-order valence-electron chi connectivity index (χ4n) is 3.19. The van der Waals surface area contributed by atoms with Crippen molar-refractivity contribution in [1.29, 1.82) is 0 Å². The quantitative estimate of drug-likeness (QED) is 0.761. The van der Waals surface area contributed by atoms with Gasteiger partial charge in [0.15, 0.2) is 6.29 Å². The van der Waals surface area contributed by atoms with Crippen molar-refractivity contribution in [3.8, 4) is 0 Å². The highest BCUT2D eigenvalue weighted by Gasteiger charge is 2.57. The zero-order valence-corrected chi connectivity index (χ0v) is 14.2. The fourth-order valence-corrected chi connectivity index (χ4v) is 3.19. The maximum Gasteiger partial charge on any atom is 0.322 e. The van der Waals surface area contributed by atoms with Crippen LogP contribution in [0, 0.1) is 11.8 Å². The second-order valence-corrected chi connectivity index (χ2v) is 7.05. The van der Waals surface area contributed by atoms with Crippen LogP contribution in [0.1, 0.15) is 48.5 Å². The summed E-state index contributed by atoms with van der Waals surface area (Å²) in [4.78, 5) is 16.9. The van der Waals surface area contributed by atoms with Crippen molar-refractivity contribution < 1.29 is 19.5 Å². The molecule has 3 atom stereocenters. The predicted octanol–water partition coefficient (Wildman–Crippen LogP) is 1.27. The van der Waals surface area contributed by atoms with Gasteiger partial charge < -0.3 is 20.4 Å². The normalized spacial score (nSPS) is 33.5. The summed E-state index contributed by atoms with van der Waals surface area (Å²) in [6.07, 6.45) is -1.16. The van der Waals surface area contributed by atoms with E-state index in [2.05, 4.69) is 0 Å². The minimum atomic E-state index is -0.980. The summed E-state index contributed by atoms with van der Waals surface area (Å²) in [7, 11) is 0. The van der Waals surface area contributed by atoms with Gasteiger partial charge in [-0.1, -0.05) is 13.8 Å². The summed E-state index contributed by atoms with van der Waals surface area (Å²) in [5.74, 6) is -0.251. The maximum absolute atomic E-state index is 11.5. The van der Waals surface area contributed by atoms with Gasteiger partial charge in [-0.3, -0.25) is 4.79 Å². The first kappa shape index (κ1) is 18.4. The molecule has 124 valence electrons. The van der Waals surface area contributed by atoms with Crippen LogP contribution in [-0.2, 0) is 14.4 Å². The van der Waals surface area contributed by atoms with E-state index in [9.17, 15) is 9.90 Å². The molecule has 6 nitrogen and oxygen atoms in total. The lowest BCUT2D eigenvalue weighted by molar-refractivity contribution is -0.318. The van der Waals surface area contributed by atoms with Gasteiger partial charge >= 0.3 is 5.97 Å². The number of rotatable bonds is 4. The first-order valence-electron chi connectivity index (χ1n) is 7.48. The van der Waals surface area contributed by atoms with Crippen LogP contribution in [0.5, 0.6) is 0 Å². The lowest BCUT2D eigenvalue weighted by Crippen LogP contribution is -2.70. The monoisotopic (exact) mass is 302 g/mol. The van der Waals surface area contributed by atoms with Crippen LogP contribution < -0.4 is 5.73 Å². The van der Waals surface area contributed by atoms with Gasteiger partial charge in [-0.25, -0.2) is 0 Å². The molecule has 1 saturated heterocycles. The number of hydroxylamine groups is 2. The van der Waals surface area contributed by atoms with Gasteiger partial charge in [0.1, 0.15) is 0 Å². The van der Waals surface area contributed by atoms with Crippen LogP contribution in [0.15, 0.2) is 0 Å². The highest BCUT2D eigenvalue weighted by atomic mass is 16.7. The first-order chi connectivity index (χ1) is 9.46. The first-order valence-corrected chi connectivity index (χ1v) is 7.48. The number of ether oxygens (including phenoxy) is 1. The largest absolute Gasteiger partial charge is 0.367 e. The van der Waals surface area contributed by atoms with Crippen molar-refractivity contribution in [2.75, 3.05) is 6.54 Å². The molecule has 1 rings (SSSR count). The molecule has 0 aromatic rings. The van der Waals surface area contributed by atoms with Gasteiger partial charge in [0.05, 0.1) is 17.2 Å². The molecule has 3 N–H and O–H groups in total. The molecular weight excluding hydrogens is 272 g/mol. The third-order valence-electron chi connectivity index (χ3n) is 5.00. The molecule has 21 heavy (non-hydrogen) atoms. The maximum atomic E-state index is 11.5. The third kappa shape index (κ3) is 3.39. The van der Waals surface area contributed by atoms with E-state index in [0.717, 1.165) is 0 Å². The Morgan fingerprint density at radius 3 is 2.00 bits per heavy atom. The number of nitrogens with zero attached hydrogens (tertiary/aromatic N) is 1. The summed E-state index contributed by atoms with van der Waals surface area (Å²) in [5.41, 5.74) is 4.59. The number of piperidine rings is 1. The second kappa shape index (κ2) is 6.20. The number of aliphatic hydroxyl groups is 1. The molecule has 0 amide bonds. The average molecular weight is 302 g/mol. The van der Waals surface area contributed by atoms with Crippen molar-refractivity contribution in [3.63, 3.8) is 0 Å². The Hall–Kier alpha value is -0.690. The van der Waals surface area contributed by atoms with Gasteiger partial charge in [0.25, 0.3) is 0 Å². The Kier molecular flexibility index (Phi) is 5.42. The van der Waals surface area contributed by atoms with Crippen LogP contribution in [0.4, 0.5) is 0 Å². The van der Waals surface area contributed by atoms with Crippen LogP contribution in [0.2, 0.25) is 0 Å². The van der Waals surface area contributed by atoms with Gasteiger partial charge in [0.2, 0.25) is 0 Å². The van der Waals surface area contributed by atoms with E-state index in [1.807, 2.05) is 41.5 Å². The van der Waals surface area contributed by atoms with Gasteiger partial charge in [-0.15, -0.1) is 5.06 Å². The molecule has 0 aliphatic carbocycles. The summed E-state index contributed by atoms with van der Waals surface area (Å²) in [6.45, 7) is 13.6. The molecule has 1 aliphatic heterocycles. The van der Waals surface area contributed by atoms with Gasteiger partial charge in [-0.05, 0) is 27.7 Å². The van der Waals surface area contributed by atoms with Crippen LogP contribution in [-0.4, -0.2) is 46.2 Å². The minimum absolute atomic E-state index is 0.0427. The average Bonchev–Trinajstić information content (AvgIpc) is 2.38. The smallest absolute Gasteiger partial charge is 0.322 e. The Morgan fingerprint density at radius 2 is 1.67 bits per heavy atom. The highest BCUT2D eigenvalue weighted by molar-refractivity contribution is 5.65. The molecule has 0 saturated carbocycles. The molecule has 6 heteroatoms. The summed E-state index contributed by atoms with van der Waals surface area (Å²) in [5, 5.41) is 11.5. The number of carbonyl (C=O) groups is 1. The van der Waals surface area contributed by atoms with Crippen molar-refractivity contribution in [2.24, 2.45) is 17.6 Å². The molecule has 0 aromatic heterocycles. The van der Waals surface area contributed by atoms with E-state index in [4.69, 9.17) is 15.3 Å². The minimum Gasteiger partial charge on any atom is -0.367 e. The highest BCUT2D eigenvalue weighted by Crippen LogP contribution is 2.46. The summed E-state index contributed by atoms with van der Waals surface area (Å²) < 4.78 is 5.75. The Balaban J connectivity index is 3.14. The SMILES string of the molecule is CC(=O)ON1C(C)(C)C(C)C(OC(O)CN)C(C)C1(C)C. The molecule has 0 radical (unpaired) electrons. The standard InChI is InChI=1S/C15H30N2O4/c1-9-13(20-12(19)8-16)10(2)15(6,7)17(14(9,4)5)21-11(3)18/h9-10,12-13,19H,8,16H2,1-7H3. The van der Waals surface area contributed by atoms with Gasteiger partial charge in [-0.2, -0.15) is 0 Å². The molecule has 0 bridgehead atoms. The van der Waals surface area contributed by atoms with E-state index in [1.165, 1.54) is 6.92 Å². The van der Waals surface area contributed by atoms with E-state index in [0.29, 0.717) is 0 Å². The second-order valence-electron chi connectivity index (χ2n) is 7.05. The van der Waals surface area contributed by atoms with Crippen LogP contribution in [0.3, 0.4) is 0 Å². The Labute approximate surface area is 127 Å². The van der Waals surface area contributed by atoms with E-state index in [1.54, 1.807) is 5.06 Å². The zero-order valence-electron chi connectivity index (χ0n) is 14.2. The van der Waals surface area contributed by atoms with Crippen molar-refractivity contribution >= 4 is 5.97 Å². The van der Waals surface area contributed by atoms with Crippen LogP contribution in [0.25, 0.3) is 0 Å². The molecule has 1 heterocycles. The number of hydrogen-bond donors (Lipinski definition) is 2. The molecule has 0 aromatic carbocycles. The zero-order chi connectivity index (χ0) is 16.6. The van der Waals surface area contributed by atoms with E-state index >= 15 is 0 Å². The molecule has 3 unspecified atom stereocenters. The topological polar surface area (TPSA) is 85.0 Å². The van der Waals surface area contributed by atoms with Crippen molar-refractivity contribution in [1.82, 2.24) is 5.06 Å². The number of carbonyl (C=O) groups excluding carboxylic acids is 1. The lowest BCUT2D eigenvalue weighted by atomic mass is 9.67. The number of aliphatic hydroxyl groups excluding tert-OH is 1. The Morgan fingerprint density at radius 1 is 1.24 bits per heavy atom. The van der Waals surface area contributed by atoms with Crippen molar-refractivity contribution in [3.05, 3.63) is 0 Å². The summed E-state index contributed by atoms with van der Waals surface area (Å²) >= 11 is 0. The molecule has 1 fully saturated rings. The van der Waals surface area contributed by atoms with Crippen LogP contribution >= 0.6 is 0 Å². The summed E-state index contributed by atoms with van der Waals surface area (Å²) in [6, 6.07) is 0. The molecule has 1 aliphatic rings. The number of hydrogen-bond acceptors (Lipinski definition) is 6. The van der Waals surface area contributed by atoms with Gasteiger partial charge in [0, 0.05) is 25.3 Å². The predicted molar refractivity (Wildman–Crippen MR) is 80.0 cm³/mol. The van der Waals surface area contributed by atoms with E-state index in [-0.39, 0.29) is 30.5 Å². The number of nitrogens with two attached hydrogens (primary N) is 1. The lowest BCUT2D eigenvalue weighted by Gasteiger charge is -2.59. The fraction of sp³-hybridized carbons (Fsp3) is 0.933. The van der Waals surface area contributed by atoms with E-state index < -0.39 is 17.4 Å².